The van der Waals surface area contributed by atoms with Crippen LogP contribution in [0.1, 0.15) is 50.3 Å². The van der Waals surface area contributed by atoms with E-state index >= 15 is 0 Å². The van der Waals surface area contributed by atoms with Gasteiger partial charge in [-0.3, -0.25) is 0 Å². The Bertz CT molecular complexity index is 671. The van der Waals surface area contributed by atoms with Crippen LogP contribution >= 0.6 is 0 Å². The van der Waals surface area contributed by atoms with E-state index in [1.54, 1.807) is 7.11 Å². The number of rotatable bonds is 7. The number of hydrogen-bond acceptors (Lipinski definition) is 3. The van der Waals surface area contributed by atoms with Crippen molar-refractivity contribution < 1.29 is 9.47 Å². The molecule has 2 aromatic rings. The number of hydrogen-bond donors (Lipinski definition) is 1. The fraction of sp³-hybridized carbons (Fsp3) is 0.455. The van der Waals surface area contributed by atoms with Gasteiger partial charge in [0, 0.05) is 5.92 Å². The van der Waals surface area contributed by atoms with Gasteiger partial charge in [-0.05, 0) is 60.2 Å². The third kappa shape index (κ3) is 4.99. The molecule has 0 aliphatic heterocycles. The zero-order chi connectivity index (χ0) is 18.4. The largest absolute Gasteiger partial charge is 0.497 e. The molecule has 25 heavy (non-hydrogen) atoms. The molecule has 136 valence electrons. The summed E-state index contributed by atoms with van der Waals surface area (Å²) >= 11 is 0. The number of methoxy groups -OCH3 is 1. The first-order valence-electron chi connectivity index (χ1n) is 8.99. The van der Waals surface area contributed by atoms with E-state index in [1.807, 2.05) is 19.1 Å². The lowest BCUT2D eigenvalue weighted by atomic mass is 9.83. The smallest absolute Gasteiger partial charge is 0.122 e. The first-order valence-corrected chi connectivity index (χ1v) is 8.99. The maximum Gasteiger partial charge on any atom is 0.122 e. The van der Waals surface area contributed by atoms with Crippen molar-refractivity contribution in [3.63, 3.8) is 0 Å². The molecule has 0 aromatic heterocycles. The molecule has 1 atom stereocenters. The van der Waals surface area contributed by atoms with Gasteiger partial charge in [0.25, 0.3) is 0 Å². The first-order chi connectivity index (χ1) is 11.9. The van der Waals surface area contributed by atoms with E-state index in [0.717, 1.165) is 17.9 Å². The SMILES string of the molecule is CCOc1ccc(C(C)(C)C)cc1C(CN)Cc1ccc(OC)cc1. The van der Waals surface area contributed by atoms with Gasteiger partial charge in [0.2, 0.25) is 0 Å². The van der Waals surface area contributed by atoms with Crippen molar-refractivity contribution in [1.29, 1.82) is 0 Å². The van der Waals surface area contributed by atoms with Crippen molar-refractivity contribution in [3.8, 4) is 11.5 Å². The third-order valence-electron chi connectivity index (χ3n) is 4.54. The van der Waals surface area contributed by atoms with Crippen LogP contribution in [-0.4, -0.2) is 20.3 Å². The molecule has 2 aromatic carbocycles. The highest BCUT2D eigenvalue weighted by atomic mass is 16.5. The number of nitrogens with two attached hydrogens (primary N) is 1. The molecule has 0 saturated heterocycles. The predicted molar refractivity (Wildman–Crippen MR) is 105 cm³/mol. The molecule has 0 spiro atoms. The van der Waals surface area contributed by atoms with Crippen LogP contribution in [0.25, 0.3) is 0 Å². The molecule has 0 radical (unpaired) electrons. The molecule has 0 aliphatic carbocycles. The summed E-state index contributed by atoms with van der Waals surface area (Å²) in [7, 11) is 1.68. The van der Waals surface area contributed by atoms with E-state index in [9.17, 15) is 0 Å². The molecule has 3 heteroatoms. The van der Waals surface area contributed by atoms with Crippen LogP contribution in [-0.2, 0) is 11.8 Å². The zero-order valence-electron chi connectivity index (χ0n) is 16.1. The van der Waals surface area contributed by atoms with E-state index < -0.39 is 0 Å². The maximum absolute atomic E-state index is 6.15. The minimum absolute atomic E-state index is 0.0960. The molecular weight excluding hydrogens is 310 g/mol. The van der Waals surface area contributed by atoms with Crippen molar-refractivity contribution in [3.05, 3.63) is 59.2 Å². The molecular formula is C22H31NO2. The highest BCUT2D eigenvalue weighted by Crippen LogP contribution is 2.34. The van der Waals surface area contributed by atoms with Gasteiger partial charge < -0.3 is 15.2 Å². The molecule has 0 saturated carbocycles. The van der Waals surface area contributed by atoms with Crippen LogP contribution in [0.15, 0.2) is 42.5 Å². The molecule has 0 fully saturated rings. The summed E-state index contributed by atoms with van der Waals surface area (Å²) in [5.74, 6) is 2.04. The Kier molecular flexibility index (Phi) is 6.49. The summed E-state index contributed by atoms with van der Waals surface area (Å²) in [4.78, 5) is 0. The van der Waals surface area contributed by atoms with Gasteiger partial charge >= 0.3 is 0 Å². The topological polar surface area (TPSA) is 44.5 Å². The highest BCUT2D eigenvalue weighted by molar-refractivity contribution is 5.43. The third-order valence-corrected chi connectivity index (χ3v) is 4.54. The van der Waals surface area contributed by atoms with Gasteiger partial charge in [0.15, 0.2) is 0 Å². The second-order valence-electron chi connectivity index (χ2n) is 7.42. The Morgan fingerprint density at radius 3 is 2.24 bits per heavy atom. The Hall–Kier alpha value is -2.00. The highest BCUT2D eigenvalue weighted by Gasteiger charge is 2.21. The van der Waals surface area contributed by atoms with Gasteiger partial charge in [0.05, 0.1) is 13.7 Å². The van der Waals surface area contributed by atoms with Gasteiger partial charge in [-0.1, -0.05) is 45.0 Å². The Balaban J connectivity index is 2.35. The fourth-order valence-electron chi connectivity index (χ4n) is 2.99. The van der Waals surface area contributed by atoms with Crippen LogP contribution in [0.2, 0.25) is 0 Å². The van der Waals surface area contributed by atoms with E-state index in [1.165, 1.54) is 16.7 Å². The second-order valence-corrected chi connectivity index (χ2v) is 7.42. The fourth-order valence-corrected chi connectivity index (χ4v) is 2.99. The normalized spacial score (nSPS) is 12.7. The summed E-state index contributed by atoms with van der Waals surface area (Å²) in [6.45, 7) is 9.94. The monoisotopic (exact) mass is 341 g/mol. The summed E-state index contributed by atoms with van der Waals surface area (Å²) in [5, 5.41) is 0. The molecule has 2 rings (SSSR count). The van der Waals surface area contributed by atoms with Gasteiger partial charge in [-0.2, -0.15) is 0 Å². The summed E-state index contributed by atoms with van der Waals surface area (Å²) in [5.41, 5.74) is 10.0. The first kappa shape index (κ1) is 19.3. The zero-order valence-corrected chi connectivity index (χ0v) is 16.1. The lowest BCUT2D eigenvalue weighted by Gasteiger charge is -2.25. The minimum atomic E-state index is 0.0960. The van der Waals surface area contributed by atoms with E-state index in [-0.39, 0.29) is 11.3 Å². The average Bonchev–Trinajstić information content (AvgIpc) is 2.60. The van der Waals surface area contributed by atoms with E-state index in [0.29, 0.717) is 13.2 Å². The molecule has 1 unspecified atom stereocenters. The Morgan fingerprint density at radius 1 is 1.04 bits per heavy atom. The average molecular weight is 341 g/mol. The molecule has 0 aliphatic rings. The lowest BCUT2D eigenvalue weighted by Crippen LogP contribution is -2.18. The molecule has 0 heterocycles. The summed E-state index contributed by atoms with van der Waals surface area (Å²) in [6, 6.07) is 14.7. The van der Waals surface area contributed by atoms with Crippen LogP contribution in [0.4, 0.5) is 0 Å². The standard InChI is InChI=1S/C22H31NO2/c1-6-25-21-12-9-18(22(2,3)4)14-20(21)17(15-23)13-16-7-10-19(24-5)11-8-16/h7-12,14,17H,6,13,15,23H2,1-5H3. The minimum Gasteiger partial charge on any atom is -0.497 e. The molecule has 3 nitrogen and oxygen atoms in total. The summed E-state index contributed by atoms with van der Waals surface area (Å²) < 4.78 is 11.1. The van der Waals surface area contributed by atoms with Crippen molar-refractivity contribution in [2.75, 3.05) is 20.3 Å². The van der Waals surface area contributed by atoms with Crippen molar-refractivity contribution >= 4 is 0 Å². The van der Waals surface area contributed by atoms with E-state index in [4.69, 9.17) is 15.2 Å². The van der Waals surface area contributed by atoms with Crippen LogP contribution < -0.4 is 15.2 Å². The Morgan fingerprint density at radius 2 is 1.72 bits per heavy atom. The molecule has 0 bridgehead atoms. The van der Waals surface area contributed by atoms with Crippen molar-refractivity contribution in [1.82, 2.24) is 0 Å². The quantitative estimate of drug-likeness (QED) is 0.795. The maximum atomic E-state index is 6.15. The lowest BCUT2D eigenvalue weighted by molar-refractivity contribution is 0.333. The van der Waals surface area contributed by atoms with E-state index in [2.05, 4.69) is 51.1 Å². The Labute approximate surface area is 152 Å². The molecule has 2 N–H and O–H groups in total. The van der Waals surface area contributed by atoms with Crippen LogP contribution in [0.5, 0.6) is 11.5 Å². The summed E-state index contributed by atoms with van der Waals surface area (Å²) in [6.07, 6.45) is 0.883. The van der Waals surface area contributed by atoms with Crippen molar-refractivity contribution in [2.45, 2.75) is 45.4 Å². The van der Waals surface area contributed by atoms with Crippen molar-refractivity contribution in [2.24, 2.45) is 5.73 Å². The number of benzene rings is 2. The van der Waals surface area contributed by atoms with Gasteiger partial charge in [-0.15, -0.1) is 0 Å². The predicted octanol–water partition coefficient (Wildman–Crippen LogP) is 4.68. The van der Waals surface area contributed by atoms with Crippen LogP contribution in [0.3, 0.4) is 0 Å². The van der Waals surface area contributed by atoms with Gasteiger partial charge in [0.1, 0.15) is 11.5 Å². The second kappa shape index (κ2) is 8.39. The molecule has 0 amide bonds. The van der Waals surface area contributed by atoms with Crippen LogP contribution in [0, 0.1) is 0 Å². The van der Waals surface area contributed by atoms with Gasteiger partial charge in [-0.25, -0.2) is 0 Å². The number of ether oxygens (including phenoxy) is 2.